The predicted molar refractivity (Wildman–Crippen MR) is 83.0 cm³/mol. The highest BCUT2D eigenvalue weighted by Gasteiger charge is 2.19. The number of amides is 2. The van der Waals surface area contributed by atoms with Crippen molar-refractivity contribution in [3.8, 4) is 0 Å². The van der Waals surface area contributed by atoms with E-state index in [1.54, 1.807) is 20.0 Å². The Morgan fingerprint density at radius 1 is 1.33 bits per heavy atom. The van der Waals surface area contributed by atoms with Gasteiger partial charge in [0.05, 0.1) is 6.10 Å². The highest BCUT2D eigenvalue weighted by molar-refractivity contribution is 6.39. The molecule has 0 radical (unpaired) electrons. The molecule has 0 aliphatic rings. The summed E-state index contributed by atoms with van der Waals surface area (Å²) in [6.45, 7) is 4.06. The maximum absolute atomic E-state index is 12.0. The number of aliphatic hydroxyl groups excluding tert-OH is 1. The molecule has 0 fully saturated rings. The quantitative estimate of drug-likeness (QED) is 0.786. The molecule has 1 aromatic rings. The number of anilines is 1. The van der Waals surface area contributed by atoms with Gasteiger partial charge in [-0.3, -0.25) is 9.59 Å². The normalized spacial score (nSPS) is 11.8. The molecule has 0 saturated carbocycles. The van der Waals surface area contributed by atoms with Gasteiger partial charge in [-0.2, -0.15) is 0 Å². The van der Waals surface area contributed by atoms with Crippen LogP contribution in [0.5, 0.6) is 0 Å². The number of aliphatic hydroxyl groups is 1. The van der Waals surface area contributed by atoms with Gasteiger partial charge in [-0.15, -0.1) is 0 Å². The lowest BCUT2D eigenvalue weighted by Gasteiger charge is -2.18. The zero-order chi connectivity index (χ0) is 15.8. The van der Waals surface area contributed by atoms with Crippen molar-refractivity contribution in [1.82, 2.24) is 4.90 Å². The van der Waals surface area contributed by atoms with Crippen LogP contribution in [0.2, 0.25) is 0 Å². The number of likely N-dealkylation sites (N-methyl/N-ethyl adjacent to an activating group) is 1. The molecule has 5 nitrogen and oxygen atoms in total. The summed E-state index contributed by atoms with van der Waals surface area (Å²) in [7, 11) is 1.56. The molecule has 0 aliphatic carbocycles. The van der Waals surface area contributed by atoms with Gasteiger partial charge in [0.25, 0.3) is 0 Å². The number of hydrogen-bond donors (Lipinski definition) is 2. The molecule has 2 amide bonds. The minimum atomic E-state index is -0.647. The van der Waals surface area contributed by atoms with Crippen LogP contribution in [0, 0.1) is 0 Å². The maximum atomic E-state index is 12.0. The Balaban J connectivity index is 2.66. The van der Waals surface area contributed by atoms with Crippen molar-refractivity contribution in [2.45, 2.75) is 39.2 Å². The number of nitrogens with one attached hydrogen (secondary N) is 1. The molecule has 1 unspecified atom stereocenters. The minimum absolute atomic E-state index is 0.348. The Bertz CT molecular complexity index is 486. The number of hydrogen-bond acceptors (Lipinski definition) is 3. The molecule has 5 heteroatoms. The zero-order valence-corrected chi connectivity index (χ0v) is 12.9. The fraction of sp³-hybridized carbons (Fsp3) is 0.500. The fourth-order valence-corrected chi connectivity index (χ4v) is 1.96. The number of carbonyl (C=O) groups excluding carboxylic acids is 2. The van der Waals surface area contributed by atoms with Crippen molar-refractivity contribution in [1.29, 1.82) is 0 Å². The van der Waals surface area contributed by atoms with E-state index in [-0.39, 0.29) is 0 Å². The first kappa shape index (κ1) is 17.2. The summed E-state index contributed by atoms with van der Waals surface area (Å²) < 4.78 is 0. The standard InChI is InChI=1S/C16H24N2O3/c1-4-7-13-8-5-6-9-14(13)17-15(20)16(21)18(3)11-10-12(2)19/h5-6,8-9,12,19H,4,7,10-11H2,1-3H3,(H,17,20). The molecule has 1 atom stereocenters. The molecular formula is C16H24N2O3. The highest BCUT2D eigenvalue weighted by Crippen LogP contribution is 2.16. The second-order valence-electron chi connectivity index (χ2n) is 5.23. The van der Waals surface area contributed by atoms with Gasteiger partial charge in [0.2, 0.25) is 0 Å². The lowest BCUT2D eigenvalue weighted by Crippen LogP contribution is -2.38. The van der Waals surface area contributed by atoms with Gasteiger partial charge in [0.1, 0.15) is 0 Å². The van der Waals surface area contributed by atoms with Gasteiger partial charge < -0.3 is 15.3 Å². The van der Waals surface area contributed by atoms with Crippen molar-refractivity contribution in [3.05, 3.63) is 29.8 Å². The summed E-state index contributed by atoms with van der Waals surface area (Å²) >= 11 is 0. The average Bonchev–Trinajstić information content (AvgIpc) is 2.46. The molecule has 0 saturated heterocycles. The second-order valence-corrected chi connectivity index (χ2v) is 5.23. The molecule has 2 N–H and O–H groups in total. The van der Waals surface area contributed by atoms with Crippen LogP contribution < -0.4 is 5.32 Å². The van der Waals surface area contributed by atoms with E-state index in [0.29, 0.717) is 18.7 Å². The molecule has 1 rings (SSSR count). The van der Waals surface area contributed by atoms with E-state index < -0.39 is 17.9 Å². The molecule has 116 valence electrons. The first-order valence-corrected chi connectivity index (χ1v) is 7.28. The fourth-order valence-electron chi connectivity index (χ4n) is 1.96. The van der Waals surface area contributed by atoms with Crippen LogP contribution >= 0.6 is 0 Å². The van der Waals surface area contributed by atoms with Crippen LogP contribution in [0.4, 0.5) is 5.69 Å². The largest absolute Gasteiger partial charge is 0.393 e. The Hall–Kier alpha value is -1.88. The van der Waals surface area contributed by atoms with Crippen LogP contribution in [-0.4, -0.2) is 41.5 Å². The zero-order valence-electron chi connectivity index (χ0n) is 12.9. The summed E-state index contributed by atoms with van der Waals surface area (Å²) in [4.78, 5) is 25.3. The first-order valence-electron chi connectivity index (χ1n) is 7.28. The monoisotopic (exact) mass is 292 g/mol. The summed E-state index contributed by atoms with van der Waals surface area (Å²) in [5, 5.41) is 11.9. The van der Waals surface area contributed by atoms with Gasteiger partial charge in [-0.05, 0) is 31.4 Å². The summed E-state index contributed by atoms with van der Waals surface area (Å²) in [5.74, 6) is -1.24. The number of rotatable bonds is 6. The van der Waals surface area contributed by atoms with Gasteiger partial charge in [0, 0.05) is 19.3 Å². The van der Waals surface area contributed by atoms with Crippen molar-refractivity contribution >= 4 is 17.5 Å². The Morgan fingerprint density at radius 2 is 2.00 bits per heavy atom. The second kappa shape index (κ2) is 8.42. The number of para-hydroxylation sites is 1. The summed E-state index contributed by atoms with van der Waals surface area (Å²) in [6.07, 6.45) is 1.77. The third kappa shape index (κ3) is 5.55. The molecule has 0 aliphatic heterocycles. The number of nitrogens with zero attached hydrogens (tertiary/aromatic N) is 1. The van der Waals surface area contributed by atoms with E-state index in [1.807, 2.05) is 18.2 Å². The third-order valence-electron chi connectivity index (χ3n) is 3.21. The number of aryl methyl sites for hydroxylation is 1. The first-order chi connectivity index (χ1) is 9.95. The van der Waals surface area contributed by atoms with E-state index in [0.717, 1.165) is 18.4 Å². The van der Waals surface area contributed by atoms with E-state index in [9.17, 15) is 14.7 Å². The molecule has 0 spiro atoms. The molecule has 0 heterocycles. The SMILES string of the molecule is CCCc1ccccc1NC(=O)C(=O)N(C)CCC(C)O. The number of benzene rings is 1. The average molecular weight is 292 g/mol. The topological polar surface area (TPSA) is 69.6 Å². The van der Waals surface area contributed by atoms with Crippen molar-refractivity contribution in [2.24, 2.45) is 0 Å². The van der Waals surface area contributed by atoms with Gasteiger partial charge in [0.15, 0.2) is 0 Å². The van der Waals surface area contributed by atoms with Crippen LogP contribution in [-0.2, 0) is 16.0 Å². The van der Waals surface area contributed by atoms with E-state index in [1.165, 1.54) is 4.90 Å². The Kier molecular flexibility index (Phi) is 6.88. The maximum Gasteiger partial charge on any atom is 0.313 e. The van der Waals surface area contributed by atoms with Crippen molar-refractivity contribution in [3.63, 3.8) is 0 Å². The summed E-state index contributed by atoms with van der Waals surface area (Å²) in [5.41, 5.74) is 1.70. The van der Waals surface area contributed by atoms with Crippen LogP contribution in [0.25, 0.3) is 0 Å². The molecular weight excluding hydrogens is 268 g/mol. The molecule has 0 bridgehead atoms. The lowest BCUT2D eigenvalue weighted by atomic mass is 10.1. The van der Waals surface area contributed by atoms with Gasteiger partial charge in [-0.25, -0.2) is 0 Å². The Labute approximate surface area is 126 Å². The van der Waals surface area contributed by atoms with E-state index in [4.69, 9.17) is 0 Å². The van der Waals surface area contributed by atoms with Gasteiger partial charge in [-0.1, -0.05) is 31.5 Å². The highest BCUT2D eigenvalue weighted by atomic mass is 16.3. The third-order valence-corrected chi connectivity index (χ3v) is 3.21. The van der Waals surface area contributed by atoms with Crippen molar-refractivity contribution < 1.29 is 14.7 Å². The van der Waals surface area contributed by atoms with Gasteiger partial charge >= 0.3 is 11.8 Å². The smallest absolute Gasteiger partial charge is 0.313 e. The molecule has 21 heavy (non-hydrogen) atoms. The Morgan fingerprint density at radius 3 is 2.62 bits per heavy atom. The summed E-state index contributed by atoms with van der Waals surface area (Å²) in [6, 6.07) is 7.49. The van der Waals surface area contributed by atoms with E-state index >= 15 is 0 Å². The molecule has 1 aromatic carbocycles. The van der Waals surface area contributed by atoms with E-state index in [2.05, 4.69) is 12.2 Å². The minimum Gasteiger partial charge on any atom is -0.393 e. The van der Waals surface area contributed by atoms with Crippen LogP contribution in [0.1, 0.15) is 32.3 Å². The van der Waals surface area contributed by atoms with Crippen LogP contribution in [0.3, 0.4) is 0 Å². The van der Waals surface area contributed by atoms with Crippen molar-refractivity contribution in [2.75, 3.05) is 18.9 Å². The molecule has 0 aromatic heterocycles. The predicted octanol–water partition coefficient (Wildman–Crippen LogP) is 1.81. The van der Waals surface area contributed by atoms with Crippen LogP contribution in [0.15, 0.2) is 24.3 Å². The number of carbonyl (C=O) groups is 2. The lowest BCUT2D eigenvalue weighted by molar-refractivity contribution is -0.142.